The summed E-state index contributed by atoms with van der Waals surface area (Å²) in [4.78, 5) is 28.0. The van der Waals surface area contributed by atoms with Crippen molar-refractivity contribution in [3.63, 3.8) is 0 Å². The van der Waals surface area contributed by atoms with E-state index in [-0.39, 0.29) is 24.4 Å². The highest BCUT2D eigenvalue weighted by atomic mass is 16.2. The number of nitrogens with one attached hydrogen (secondary N) is 1. The Kier molecular flexibility index (Phi) is 5.47. The lowest BCUT2D eigenvalue weighted by Gasteiger charge is -2.26. The number of rotatable bonds is 6. The summed E-state index contributed by atoms with van der Waals surface area (Å²) in [6.07, 6.45) is 0.757. The Morgan fingerprint density at radius 1 is 0.939 bits per heavy atom. The van der Waals surface area contributed by atoms with Crippen LogP contribution in [0.3, 0.4) is 0 Å². The molecule has 0 bridgehead atoms. The quantitative estimate of drug-likeness (QED) is 0.486. The number of nitrogens with zero attached hydrogens (tertiary/aromatic N) is 2. The Labute approximate surface area is 193 Å². The second-order valence-electron chi connectivity index (χ2n) is 8.58. The molecular weight excluding hydrogens is 410 g/mol. The smallest absolute Gasteiger partial charge is 0.255 e. The number of carbonyl (C=O) groups is 2. The van der Waals surface area contributed by atoms with Crippen LogP contribution in [0.4, 0.5) is 0 Å². The monoisotopic (exact) mass is 437 g/mol. The Bertz CT molecular complexity index is 1340. The van der Waals surface area contributed by atoms with Gasteiger partial charge in [-0.3, -0.25) is 9.59 Å². The van der Waals surface area contributed by atoms with Gasteiger partial charge in [-0.25, -0.2) is 0 Å². The molecule has 3 aromatic carbocycles. The van der Waals surface area contributed by atoms with E-state index < -0.39 is 0 Å². The standard InChI is InChI=1S/C28H27N3O2/c1-19-26(23-14-8-9-15-24(23)30(19)2)27-21-12-6-7-13-22(21)28(33)31(27)18-25(32)29-17-16-20-10-4-3-5-11-20/h3-15,27H,16-18H2,1-2H3,(H,29,32)/t27-/m1/s1. The highest BCUT2D eigenvalue weighted by Crippen LogP contribution is 2.43. The molecule has 0 fully saturated rings. The van der Waals surface area contributed by atoms with Crippen LogP contribution < -0.4 is 5.32 Å². The lowest BCUT2D eigenvalue weighted by atomic mass is 9.95. The van der Waals surface area contributed by atoms with Crippen molar-refractivity contribution in [3.8, 4) is 0 Å². The van der Waals surface area contributed by atoms with Gasteiger partial charge in [0.1, 0.15) is 6.54 Å². The molecule has 4 aromatic rings. The third kappa shape index (κ3) is 3.69. The van der Waals surface area contributed by atoms with E-state index in [9.17, 15) is 9.59 Å². The van der Waals surface area contributed by atoms with Gasteiger partial charge in [-0.05, 0) is 36.6 Å². The van der Waals surface area contributed by atoms with Crippen LogP contribution in [0.1, 0.15) is 38.8 Å². The molecule has 0 unspecified atom stereocenters. The number of hydrogen-bond acceptors (Lipinski definition) is 2. The predicted octanol–water partition coefficient (Wildman–Crippen LogP) is 4.39. The Morgan fingerprint density at radius 3 is 2.45 bits per heavy atom. The normalized spacial score (nSPS) is 15.2. The zero-order valence-electron chi connectivity index (χ0n) is 18.9. The number of para-hydroxylation sites is 1. The summed E-state index contributed by atoms with van der Waals surface area (Å²) >= 11 is 0. The molecular formula is C28H27N3O2. The SMILES string of the molecule is Cc1c([C@H]2c3ccccc3C(=O)N2CC(=O)NCCc2ccccc2)c2ccccc2n1C. The fraction of sp³-hybridized carbons (Fsp3) is 0.214. The minimum atomic E-state index is -0.292. The highest BCUT2D eigenvalue weighted by Gasteiger charge is 2.40. The van der Waals surface area contributed by atoms with E-state index in [1.54, 1.807) is 4.90 Å². The van der Waals surface area contributed by atoms with Crippen molar-refractivity contribution in [1.29, 1.82) is 0 Å². The number of carbonyl (C=O) groups excluding carboxylic acids is 2. The number of fused-ring (bicyclic) bond motifs is 2. The highest BCUT2D eigenvalue weighted by molar-refractivity contribution is 6.02. The molecule has 1 atom stereocenters. The zero-order valence-corrected chi connectivity index (χ0v) is 18.9. The first kappa shape index (κ1) is 21.0. The first-order valence-electron chi connectivity index (χ1n) is 11.3. The Hall–Kier alpha value is -3.86. The lowest BCUT2D eigenvalue weighted by Crippen LogP contribution is -2.40. The number of aryl methyl sites for hydroxylation is 1. The van der Waals surface area contributed by atoms with Crippen LogP contribution in [0.5, 0.6) is 0 Å². The third-order valence-corrected chi connectivity index (χ3v) is 6.67. The second-order valence-corrected chi connectivity index (χ2v) is 8.58. The molecule has 0 saturated carbocycles. The molecule has 5 heteroatoms. The summed E-state index contributed by atoms with van der Waals surface area (Å²) in [5.41, 5.74) is 6.11. The molecule has 1 aliphatic rings. The summed E-state index contributed by atoms with van der Waals surface area (Å²) in [7, 11) is 2.05. The molecule has 0 saturated heterocycles. The first-order chi connectivity index (χ1) is 16.1. The molecule has 166 valence electrons. The van der Waals surface area contributed by atoms with Gasteiger partial charge in [-0.2, -0.15) is 0 Å². The first-order valence-corrected chi connectivity index (χ1v) is 11.3. The van der Waals surface area contributed by atoms with Crippen LogP contribution in [-0.4, -0.2) is 34.4 Å². The molecule has 1 N–H and O–H groups in total. The van der Waals surface area contributed by atoms with E-state index in [1.807, 2.05) is 73.8 Å². The summed E-state index contributed by atoms with van der Waals surface area (Å²) in [6.45, 7) is 2.64. The molecule has 5 nitrogen and oxygen atoms in total. The van der Waals surface area contributed by atoms with E-state index in [1.165, 1.54) is 5.56 Å². The molecule has 2 amide bonds. The van der Waals surface area contributed by atoms with Gasteiger partial charge in [-0.1, -0.05) is 66.7 Å². The predicted molar refractivity (Wildman–Crippen MR) is 130 cm³/mol. The Morgan fingerprint density at radius 2 is 1.64 bits per heavy atom. The minimum absolute atomic E-state index is 0.0234. The van der Waals surface area contributed by atoms with E-state index in [0.717, 1.165) is 34.1 Å². The maximum absolute atomic E-state index is 13.4. The topological polar surface area (TPSA) is 54.3 Å². The summed E-state index contributed by atoms with van der Waals surface area (Å²) in [5.74, 6) is -0.240. The molecule has 0 radical (unpaired) electrons. The second kappa shape index (κ2) is 8.58. The van der Waals surface area contributed by atoms with Gasteiger partial charge in [0, 0.05) is 41.3 Å². The number of aromatic nitrogens is 1. The fourth-order valence-electron chi connectivity index (χ4n) is 4.94. The van der Waals surface area contributed by atoms with Gasteiger partial charge in [0.05, 0.1) is 6.04 Å². The van der Waals surface area contributed by atoms with E-state index in [4.69, 9.17) is 0 Å². The van der Waals surface area contributed by atoms with Gasteiger partial charge >= 0.3 is 0 Å². The number of hydrogen-bond donors (Lipinski definition) is 1. The molecule has 5 rings (SSSR count). The van der Waals surface area contributed by atoms with E-state index in [2.05, 4.69) is 28.9 Å². The minimum Gasteiger partial charge on any atom is -0.354 e. The third-order valence-electron chi connectivity index (χ3n) is 6.67. The van der Waals surface area contributed by atoms with Crippen molar-refractivity contribution >= 4 is 22.7 Å². The fourth-order valence-corrected chi connectivity index (χ4v) is 4.94. The summed E-state index contributed by atoms with van der Waals surface area (Å²) < 4.78 is 2.16. The maximum Gasteiger partial charge on any atom is 0.255 e. The molecule has 1 aliphatic heterocycles. The van der Waals surface area contributed by atoms with Crippen LogP contribution in [-0.2, 0) is 18.3 Å². The van der Waals surface area contributed by atoms with Crippen LogP contribution in [0, 0.1) is 6.92 Å². The van der Waals surface area contributed by atoms with E-state index >= 15 is 0 Å². The van der Waals surface area contributed by atoms with Crippen LogP contribution in [0.2, 0.25) is 0 Å². The van der Waals surface area contributed by atoms with Crippen molar-refractivity contribution in [1.82, 2.24) is 14.8 Å². The number of benzene rings is 3. The summed E-state index contributed by atoms with van der Waals surface area (Å²) in [5, 5.41) is 4.11. The molecule has 33 heavy (non-hydrogen) atoms. The largest absolute Gasteiger partial charge is 0.354 e. The van der Waals surface area contributed by atoms with Crippen molar-refractivity contribution < 1.29 is 9.59 Å². The lowest BCUT2D eigenvalue weighted by molar-refractivity contribution is -0.122. The van der Waals surface area contributed by atoms with Crippen LogP contribution in [0.15, 0.2) is 78.9 Å². The zero-order chi connectivity index (χ0) is 22.9. The number of amides is 2. The molecule has 0 aliphatic carbocycles. The van der Waals surface area contributed by atoms with E-state index in [0.29, 0.717) is 12.1 Å². The van der Waals surface area contributed by atoms with Crippen molar-refractivity contribution in [3.05, 3.63) is 107 Å². The maximum atomic E-state index is 13.4. The molecule has 2 heterocycles. The van der Waals surface area contributed by atoms with Crippen molar-refractivity contribution in [2.75, 3.05) is 13.1 Å². The van der Waals surface area contributed by atoms with Crippen molar-refractivity contribution in [2.45, 2.75) is 19.4 Å². The average molecular weight is 438 g/mol. The van der Waals surface area contributed by atoms with Crippen LogP contribution >= 0.6 is 0 Å². The van der Waals surface area contributed by atoms with Crippen LogP contribution in [0.25, 0.3) is 10.9 Å². The van der Waals surface area contributed by atoms with Gasteiger partial charge in [0.2, 0.25) is 5.91 Å². The van der Waals surface area contributed by atoms with Crippen molar-refractivity contribution in [2.24, 2.45) is 7.05 Å². The summed E-state index contributed by atoms with van der Waals surface area (Å²) in [6, 6.07) is 25.7. The molecule has 0 spiro atoms. The van der Waals surface area contributed by atoms with Gasteiger partial charge < -0.3 is 14.8 Å². The van der Waals surface area contributed by atoms with Gasteiger partial charge in [-0.15, -0.1) is 0 Å². The van der Waals surface area contributed by atoms with Gasteiger partial charge in [0.25, 0.3) is 5.91 Å². The molecule has 1 aromatic heterocycles. The van der Waals surface area contributed by atoms with Gasteiger partial charge in [0.15, 0.2) is 0 Å². The average Bonchev–Trinajstić information content (AvgIpc) is 3.25. The Balaban J connectivity index is 1.45.